The van der Waals surface area contributed by atoms with Gasteiger partial charge in [0.2, 0.25) is 0 Å². The van der Waals surface area contributed by atoms with E-state index in [4.69, 9.17) is 4.74 Å². The first kappa shape index (κ1) is 18.1. The van der Waals surface area contributed by atoms with Crippen LogP contribution in [0.5, 0.6) is 5.75 Å². The van der Waals surface area contributed by atoms with Crippen molar-refractivity contribution in [3.8, 4) is 5.75 Å². The summed E-state index contributed by atoms with van der Waals surface area (Å²) in [6, 6.07) is 11.8. The van der Waals surface area contributed by atoms with Gasteiger partial charge in [0.1, 0.15) is 5.75 Å². The van der Waals surface area contributed by atoms with E-state index in [1.165, 1.54) is 11.1 Å². The normalized spacial score (nSPS) is 11.7. The SMILES string of the molecule is C=CCn1c(=NC(=O)Cc2ccc(OC)cc2)sc2c(C)cc(C)cc21. The molecule has 3 rings (SSSR count). The minimum absolute atomic E-state index is 0.158. The zero-order chi connectivity index (χ0) is 18.7. The molecule has 1 amide bonds. The van der Waals surface area contributed by atoms with Gasteiger partial charge in [0.05, 0.1) is 23.7 Å². The van der Waals surface area contributed by atoms with E-state index in [-0.39, 0.29) is 12.3 Å². The third-order valence-corrected chi connectivity index (χ3v) is 5.39. The second kappa shape index (κ2) is 7.70. The molecule has 0 N–H and O–H groups in total. The Morgan fingerprint density at radius 2 is 2.00 bits per heavy atom. The number of thiazole rings is 1. The predicted molar refractivity (Wildman–Crippen MR) is 107 cm³/mol. The average molecular weight is 366 g/mol. The lowest BCUT2D eigenvalue weighted by atomic mass is 10.1. The summed E-state index contributed by atoms with van der Waals surface area (Å²) in [6.45, 7) is 8.63. The Bertz CT molecular complexity index is 1030. The van der Waals surface area contributed by atoms with Crippen LogP contribution in [-0.4, -0.2) is 17.6 Å². The van der Waals surface area contributed by atoms with Crippen LogP contribution in [0, 0.1) is 13.8 Å². The van der Waals surface area contributed by atoms with Gasteiger partial charge < -0.3 is 9.30 Å². The molecule has 0 aliphatic rings. The quantitative estimate of drug-likeness (QED) is 0.636. The van der Waals surface area contributed by atoms with Gasteiger partial charge in [0, 0.05) is 6.54 Å². The number of carbonyl (C=O) groups is 1. The smallest absolute Gasteiger partial charge is 0.252 e. The van der Waals surface area contributed by atoms with Crippen molar-refractivity contribution in [2.24, 2.45) is 4.99 Å². The monoisotopic (exact) mass is 366 g/mol. The molecule has 4 nitrogen and oxygen atoms in total. The number of aromatic nitrogens is 1. The van der Waals surface area contributed by atoms with Crippen molar-refractivity contribution in [3.63, 3.8) is 0 Å². The zero-order valence-corrected chi connectivity index (χ0v) is 16.1. The van der Waals surface area contributed by atoms with Crippen LogP contribution >= 0.6 is 11.3 Å². The third-order valence-electron chi connectivity index (χ3n) is 4.16. The van der Waals surface area contributed by atoms with Gasteiger partial charge in [-0.15, -0.1) is 6.58 Å². The van der Waals surface area contributed by atoms with E-state index >= 15 is 0 Å². The number of benzene rings is 2. The van der Waals surface area contributed by atoms with E-state index in [2.05, 4.69) is 42.1 Å². The first-order valence-corrected chi connectivity index (χ1v) is 9.25. The Labute approximate surface area is 157 Å². The molecule has 0 saturated heterocycles. The highest BCUT2D eigenvalue weighted by Gasteiger charge is 2.10. The lowest BCUT2D eigenvalue weighted by molar-refractivity contribution is -0.117. The van der Waals surface area contributed by atoms with E-state index in [9.17, 15) is 4.79 Å². The standard InChI is InChI=1S/C21H22N2O2S/c1-5-10-23-18-12-14(2)11-15(3)20(18)26-21(23)22-19(24)13-16-6-8-17(25-4)9-7-16/h5-9,11-12H,1,10,13H2,2-4H3. The van der Waals surface area contributed by atoms with Crippen molar-refractivity contribution in [2.45, 2.75) is 26.8 Å². The first-order chi connectivity index (χ1) is 12.5. The number of hydrogen-bond acceptors (Lipinski definition) is 3. The molecule has 5 heteroatoms. The maximum absolute atomic E-state index is 12.5. The summed E-state index contributed by atoms with van der Waals surface area (Å²) >= 11 is 1.55. The maximum Gasteiger partial charge on any atom is 0.252 e. The van der Waals surface area contributed by atoms with E-state index in [0.29, 0.717) is 11.3 Å². The minimum Gasteiger partial charge on any atom is -0.497 e. The molecule has 1 aromatic heterocycles. The number of methoxy groups -OCH3 is 1. The lowest BCUT2D eigenvalue weighted by Gasteiger charge is -2.04. The molecule has 0 radical (unpaired) electrons. The van der Waals surface area contributed by atoms with Crippen molar-refractivity contribution >= 4 is 27.5 Å². The van der Waals surface area contributed by atoms with Crippen LogP contribution in [0.2, 0.25) is 0 Å². The van der Waals surface area contributed by atoms with Crippen molar-refractivity contribution < 1.29 is 9.53 Å². The summed E-state index contributed by atoms with van der Waals surface area (Å²) in [5.41, 5.74) is 4.42. The van der Waals surface area contributed by atoms with Crippen LogP contribution in [0.4, 0.5) is 0 Å². The summed E-state index contributed by atoms with van der Waals surface area (Å²) in [7, 11) is 1.62. The van der Waals surface area contributed by atoms with Gasteiger partial charge >= 0.3 is 0 Å². The number of hydrogen-bond donors (Lipinski definition) is 0. The van der Waals surface area contributed by atoms with Crippen molar-refractivity contribution in [1.29, 1.82) is 0 Å². The number of carbonyl (C=O) groups excluding carboxylic acids is 1. The Morgan fingerprint density at radius 1 is 1.27 bits per heavy atom. The van der Waals surface area contributed by atoms with Crippen LogP contribution < -0.4 is 9.54 Å². The molecule has 0 aliphatic heterocycles. The van der Waals surface area contributed by atoms with Gasteiger partial charge in [-0.2, -0.15) is 4.99 Å². The number of amides is 1. The fourth-order valence-corrected chi connectivity index (χ4v) is 4.07. The van der Waals surface area contributed by atoms with Crippen LogP contribution in [-0.2, 0) is 17.8 Å². The Kier molecular flexibility index (Phi) is 5.38. The van der Waals surface area contributed by atoms with Gasteiger partial charge in [0.15, 0.2) is 4.80 Å². The highest BCUT2D eigenvalue weighted by molar-refractivity contribution is 7.16. The molecular weight excluding hydrogens is 344 g/mol. The van der Waals surface area contributed by atoms with Gasteiger partial charge in [-0.25, -0.2) is 0 Å². The molecule has 0 fully saturated rings. The fraction of sp³-hybridized carbons (Fsp3) is 0.238. The van der Waals surface area contributed by atoms with Crippen molar-refractivity contribution in [1.82, 2.24) is 4.57 Å². The van der Waals surface area contributed by atoms with Gasteiger partial charge in [0.25, 0.3) is 5.91 Å². The molecule has 0 unspecified atom stereocenters. The number of rotatable bonds is 5. The average Bonchev–Trinajstić information content (AvgIpc) is 2.94. The van der Waals surface area contributed by atoms with Crippen LogP contribution in [0.15, 0.2) is 54.0 Å². The maximum atomic E-state index is 12.5. The van der Waals surface area contributed by atoms with Crippen molar-refractivity contribution in [2.75, 3.05) is 7.11 Å². The number of fused-ring (bicyclic) bond motifs is 1. The number of nitrogens with zero attached hydrogens (tertiary/aromatic N) is 2. The van der Waals surface area contributed by atoms with Crippen LogP contribution in [0.25, 0.3) is 10.2 Å². The van der Waals surface area contributed by atoms with E-state index in [0.717, 1.165) is 21.5 Å². The Morgan fingerprint density at radius 3 is 2.65 bits per heavy atom. The number of ether oxygens (including phenoxy) is 1. The molecule has 3 aromatic rings. The van der Waals surface area contributed by atoms with E-state index in [1.807, 2.05) is 30.3 Å². The molecule has 134 valence electrons. The zero-order valence-electron chi connectivity index (χ0n) is 15.3. The molecule has 0 bridgehead atoms. The number of aryl methyl sites for hydroxylation is 2. The summed E-state index contributed by atoms with van der Waals surface area (Å²) in [6.07, 6.45) is 2.10. The highest BCUT2D eigenvalue weighted by atomic mass is 32.1. The number of allylic oxidation sites excluding steroid dienone is 1. The predicted octanol–water partition coefficient (Wildman–Crippen LogP) is 4.18. The summed E-state index contributed by atoms with van der Waals surface area (Å²) < 4.78 is 8.36. The largest absolute Gasteiger partial charge is 0.497 e. The highest BCUT2D eigenvalue weighted by Crippen LogP contribution is 2.23. The summed E-state index contributed by atoms with van der Waals surface area (Å²) in [5.74, 6) is 0.617. The van der Waals surface area contributed by atoms with Crippen LogP contribution in [0.3, 0.4) is 0 Å². The molecule has 2 aromatic carbocycles. The third kappa shape index (κ3) is 3.78. The second-order valence-corrected chi connectivity index (χ2v) is 7.22. The molecule has 0 spiro atoms. The fourth-order valence-electron chi connectivity index (χ4n) is 2.97. The molecule has 0 saturated carbocycles. The molecular formula is C21H22N2O2S. The van der Waals surface area contributed by atoms with Crippen LogP contribution in [0.1, 0.15) is 16.7 Å². The first-order valence-electron chi connectivity index (χ1n) is 8.44. The Balaban J connectivity index is 1.99. The summed E-state index contributed by atoms with van der Waals surface area (Å²) in [4.78, 5) is 17.6. The second-order valence-electron chi connectivity index (χ2n) is 6.24. The van der Waals surface area contributed by atoms with Gasteiger partial charge in [-0.3, -0.25) is 4.79 Å². The lowest BCUT2D eigenvalue weighted by Crippen LogP contribution is -2.17. The molecule has 0 aliphatic carbocycles. The molecule has 1 heterocycles. The van der Waals surface area contributed by atoms with Gasteiger partial charge in [-0.05, 0) is 48.7 Å². The molecule has 26 heavy (non-hydrogen) atoms. The minimum atomic E-state index is -0.158. The topological polar surface area (TPSA) is 43.6 Å². The molecule has 0 atom stereocenters. The van der Waals surface area contributed by atoms with Gasteiger partial charge in [-0.1, -0.05) is 35.6 Å². The van der Waals surface area contributed by atoms with E-state index in [1.54, 1.807) is 18.4 Å². The van der Waals surface area contributed by atoms with E-state index < -0.39 is 0 Å². The Hall–Kier alpha value is -2.66. The summed E-state index contributed by atoms with van der Waals surface area (Å²) in [5, 5.41) is 0. The van der Waals surface area contributed by atoms with Crippen molar-refractivity contribution in [3.05, 3.63) is 70.5 Å².